The van der Waals surface area contributed by atoms with E-state index in [4.69, 9.17) is 4.74 Å². The van der Waals surface area contributed by atoms with Crippen molar-refractivity contribution in [2.24, 2.45) is 5.92 Å². The van der Waals surface area contributed by atoms with E-state index >= 15 is 0 Å². The van der Waals surface area contributed by atoms with Crippen molar-refractivity contribution < 1.29 is 4.74 Å². The third-order valence-electron chi connectivity index (χ3n) is 2.45. The molecule has 0 atom stereocenters. The summed E-state index contributed by atoms with van der Waals surface area (Å²) in [6.07, 6.45) is 6.84. The fourth-order valence-electron chi connectivity index (χ4n) is 1.55. The third-order valence-corrected chi connectivity index (χ3v) is 2.89. The molecule has 6 heteroatoms. The van der Waals surface area contributed by atoms with Crippen molar-refractivity contribution in [1.29, 1.82) is 0 Å². The van der Waals surface area contributed by atoms with Crippen LogP contribution in [0.4, 0.5) is 0 Å². The van der Waals surface area contributed by atoms with Gasteiger partial charge < -0.3 is 10.1 Å². The summed E-state index contributed by atoms with van der Waals surface area (Å²) in [5, 5.41) is 3.34. The van der Waals surface area contributed by atoms with E-state index in [9.17, 15) is 0 Å². The van der Waals surface area contributed by atoms with E-state index in [0.29, 0.717) is 17.7 Å². The van der Waals surface area contributed by atoms with Crippen LogP contribution in [0.3, 0.4) is 0 Å². The number of rotatable bonds is 6. The molecule has 0 saturated heterocycles. The van der Waals surface area contributed by atoms with Crippen LogP contribution in [0, 0.1) is 5.92 Å². The molecule has 0 aliphatic rings. The Labute approximate surface area is 127 Å². The van der Waals surface area contributed by atoms with Crippen molar-refractivity contribution in [2.45, 2.75) is 20.4 Å². The van der Waals surface area contributed by atoms with Gasteiger partial charge in [-0.15, -0.1) is 0 Å². The topological polar surface area (TPSA) is 59.9 Å². The molecule has 2 rings (SSSR count). The largest absolute Gasteiger partial charge is 0.423 e. The van der Waals surface area contributed by atoms with Gasteiger partial charge in [0.15, 0.2) is 5.75 Å². The molecule has 106 valence electrons. The molecule has 1 N–H and O–H groups in total. The predicted octanol–water partition coefficient (Wildman–Crippen LogP) is 3.17. The van der Waals surface area contributed by atoms with Crippen LogP contribution in [0.25, 0.3) is 0 Å². The molecule has 2 aromatic heterocycles. The first-order valence-electron chi connectivity index (χ1n) is 6.43. The van der Waals surface area contributed by atoms with Gasteiger partial charge in [0.05, 0.1) is 6.20 Å². The van der Waals surface area contributed by atoms with E-state index < -0.39 is 0 Å². The van der Waals surface area contributed by atoms with E-state index in [1.54, 1.807) is 24.8 Å². The lowest BCUT2D eigenvalue weighted by Gasteiger charge is -2.07. The molecular formula is C14H17BrN4O. The Balaban J connectivity index is 1.91. The molecule has 2 aromatic rings. The lowest BCUT2D eigenvalue weighted by molar-refractivity contribution is 0.438. The molecule has 20 heavy (non-hydrogen) atoms. The van der Waals surface area contributed by atoms with Crippen LogP contribution in [0.2, 0.25) is 0 Å². The Bertz CT molecular complexity index is 545. The minimum absolute atomic E-state index is 0.317. The number of aromatic nitrogens is 3. The quantitative estimate of drug-likeness (QED) is 0.877. The van der Waals surface area contributed by atoms with E-state index in [-0.39, 0.29) is 0 Å². The standard InChI is InChI=1S/C14H17BrN4O/c1-10(2)4-16-5-11-6-18-14(19-7-11)20-13-3-12(15)8-17-9-13/h3,6-10,16H,4-5H2,1-2H3. The Morgan fingerprint density at radius 2 is 1.95 bits per heavy atom. The number of ether oxygens (including phenoxy) is 1. The maximum atomic E-state index is 5.52. The maximum Gasteiger partial charge on any atom is 0.321 e. The second-order valence-electron chi connectivity index (χ2n) is 4.84. The molecule has 0 unspecified atom stereocenters. The highest BCUT2D eigenvalue weighted by Gasteiger charge is 2.02. The predicted molar refractivity (Wildman–Crippen MR) is 80.6 cm³/mol. The zero-order valence-corrected chi connectivity index (χ0v) is 13.1. The summed E-state index contributed by atoms with van der Waals surface area (Å²) in [7, 11) is 0. The van der Waals surface area contributed by atoms with E-state index in [1.165, 1.54) is 0 Å². The van der Waals surface area contributed by atoms with Gasteiger partial charge in [0.2, 0.25) is 0 Å². The van der Waals surface area contributed by atoms with Gasteiger partial charge in [-0.3, -0.25) is 4.98 Å². The average molecular weight is 337 g/mol. The normalized spacial score (nSPS) is 10.8. The van der Waals surface area contributed by atoms with Crippen LogP contribution in [-0.4, -0.2) is 21.5 Å². The van der Waals surface area contributed by atoms with Gasteiger partial charge in [-0.25, -0.2) is 9.97 Å². The van der Waals surface area contributed by atoms with E-state index in [0.717, 1.165) is 23.1 Å². The van der Waals surface area contributed by atoms with Crippen molar-refractivity contribution in [2.75, 3.05) is 6.54 Å². The molecular weight excluding hydrogens is 320 g/mol. The Morgan fingerprint density at radius 1 is 1.20 bits per heavy atom. The van der Waals surface area contributed by atoms with Crippen molar-refractivity contribution in [3.8, 4) is 11.8 Å². The van der Waals surface area contributed by atoms with Crippen molar-refractivity contribution in [1.82, 2.24) is 20.3 Å². The number of pyridine rings is 1. The van der Waals surface area contributed by atoms with Gasteiger partial charge in [-0.1, -0.05) is 13.8 Å². The first-order chi connectivity index (χ1) is 9.63. The van der Waals surface area contributed by atoms with Crippen molar-refractivity contribution >= 4 is 15.9 Å². The maximum absolute atomic E-state index is 5.52. The molecule has 0 saturated carbocycles. The summed E-state index contributed by atoms with van der Waals surface area (Å²) in [5.74, 6) is 1.23. The monoisotopic (exact) mass is 336 g/mol. The first-order valence-corrected chi connectivity index (χ1v) is 7.23. The Kier molecular flexibility index (Phi) is 5.43. The Morgan fingerprint density at radius 3 is 2.60 bits per heavy atom. The highest BCUT2D eigenvalue weighted by molar-refractivity contribution is 9.10. The molecule has 2 heterocycles. The molecule has 0 bridgehead atoms. The van der Waals surface area contributed by atoms with Gasteiger partial charge in [0.1, 0.15) is 0 Å². The SMILES string of the molecule is CC(C)CNCc1cnc(Oc2cncc(Br)c2)nc1. The number of halogens is 1. The van der Waals surface area contributed by atoms with E-state index in [2.05, 4.69) is 50.0 Å². The highest BCUT2D eigenvalue weighted by Crippen LogP contribution is 2.20. The molecule has 0 fully saturated rings. The minimum atomic E-state index is 0.317. The molecule has 0 aliphatic carbocycles. The molecule has 0 aromatic carbocycles. The summed E-state index contributed by atoms with van der Waals surface area (Å²) in [4.78, 5) is 12.4. The van der Waals surface area contributed by atoms with E-state index in [1.807, 2.05) is 6.07 Å². The molecule has 0 radical (unpaired) electrons. The van der Waals surface area contributed by atoms with Crippen LogP contribution in [0.1, 0.15) is 19.4 Å². The fourth-order valence-corrected chi connectivity index (χ4v) is 1.89. The minimum Gasteiger partial charge on any atom is -0.423 e. The molecule has 0 spiro atoms. The van der Waals surface area contributed by atoms with Gasteiger partial charge in [-0.2, -0.15) is 0 Å². The van der Waals surface area contributed by atoms with Gasteiger partial charge in [-0.05, 0) is 34.5 Å². The Hall–Kier alpha value is -1.53. The second-order valence-corrected chi connectivity index (χ2v) is 5.76. The summed E-state index contributed by atoms with van der Waals surface area (Å²) in [6.45, 7) is 6.08. The summed E-state index contributed by atoms with van der Waals surface area (Å²) >= 11 is 3.34. The van der Waals surface area contributed by atoms with Crippen LogP contribution in [0.5, 0.6) is 11.8 Å². The lowest BCUT2D eigenvalue weighted by atomic mass is 10.2. The second kappa shape index (κ2) is 7.31. The zero-order chi connectivity index (χ0) is 14.4. The average Bonchev–Trinajstić information content (AvgIpc) is 2.40. The molecule has 0 amide bonds. The molecule has 0 aliphatic heterocycles. The number of hydrogen-bond donors (Lipinski definition) is 1. The number of nitrogens with zero attached hydrogens (tertiary/aromatic N) is 3. The van der Waals surface area contributed by atoms with Gasteiger partial charge in [0.25, 0.3) is 0 Å². The van der Waals surface area contributed by atoms with Crippen LogP contribution < -0.4 is 10.1 Å². The van der Waals surface area contributed by atoms with Gasteiger partial charge in [0, 0.05) is 35.2 Å². The smallest absolute Gasteiger partial charge is 0.321 e. The van der Waals surface area contributed by atoms with Crippen molar-refractivity contribution in [3.63, 3.8) is 0 Å². The summed E-state index contributed by atoms with van der Waals surface area (Å²) in [5.41, 5.74) is 1.03. The molecule has 5 nitrogen and oxygen atoms in total. The van der Waals surface area contributed by atoms with Crippen LogP contribution in [0.15, 0.2) is 35.3 Å². The number of hydrogen-bond acceptors (Lipinski definition) is 5. The first kappa shape index (κ1) is 14.9. The fraction of sp³-hybridized carbons (Fsp3) is 0.357. The van der Waals surface area contributed by atoms with Crippen LogP contribution >= 0.6 is 15.9 Å². The summed E-state index contributed by atoms with van der Waals surface area (Å²) in [6, 6.07) is 2.13. The summed E-state index contributed by atoms with van der Waals surface area (Å²) < 4.78 is 6.37. The van der Waals surface area contributed by atoms with Crippen molar-refractivity contribution in [3.05, 3.63) is 40.9 Å². The number of nitrogens with one attached hydrogen (secondary N) is 1. The zero-order valence-electron chi connectivity index (χ0n) is 11.5. The van der Waals surface area contributed by atoms with Gasteiger partial charge >= 0.3 is 6.01 Å². The van der Waals surface area contributed by atoms with Crippen LogP contribution in [-0.2, 0) is 6.54 Å². The third kappa shape index (κ3) is 4.86. The lowest BCUT2D eigenvalue weighted by Crippen LogP contribution is -2.19. The highest BCUT2D eigenvalue weighted by atomic mass is 79.9.